The lowest BCUT2D eigenvalue weighted by atomic mass is 10.3. The third-order valence-electron chi connectivity index (χ3n) is 4.66. The van der Waals surface area contributed by atoms with Crippen molar-refractivity contribution < 1.29 is 19.0 Å². The van der Waals surface area contributed by atoms with Gasteiger partial charge in [0.2, 0.25) is 0 Å². The first-order valence-electron chi connectivity index (χ1n) is 10.2. The van der Waals surface area contributed by atoms with Crippen LogP contribution < -0.4 is 19.1 Å². The van der Waals surface area contributed by atoms with Crippen LogP contribution in [0.15, 0.2) is 66.9 Å². The highest BCUT2D eigenvalue weighted by Gasteiger charge is 2.21. The van der Waals surface area contributed by atoms with E-state index >= 15 is 0 Å². The Labute approximate surface area is 190 Å². The molecule has 7 nitrogen and oxygen atoms in total. The lowest BCUT2D eigenvalue weighted by molar-refractivity contribution is -0.120. The first-order chi connectivity index (χ1) is 15.7. The van der Waals surface area contributed by atoms with E-state index in [1.807, 2.05) is 43.3 Å². The van der Waals surface area contributed by atoms with E-state index in [0.29, 0.717) is 24.0 Å². The van der Waals surface area contributed by atoms with Gasteiger partial charge in [-0.2, -0.15) is 0 Å². The van der Waals surface area contributed by atoms with Crippen molar-refractivity contribution in [3.8, 4) is 17.2 Å². The number of rotatable bonds is 9. The lowest BCUT2D eigenvalue weighted by Crippen LogP contribution is -2.34. The van der Waals surface area contributed by atoms with Gasteiger partial charge in [-0.05, 0) is 61.5 Å². The Morgan fingerprint density at radius 3 is 2.50 bits per heavy atom. The average Bonchev–Trinajstić information content (AvgIpc) is 3.25. The van der Waals surface area contributed by atoms with Crippen LogP contribution in [0.3, 0.4) is 0 Å². The predicted octanol–water partition coefficient (Wildman–Crippen LogP) is 4.71. The molecular formula is C24H23N3O4S. The number of hydrogen-bond donors (Lipinski definition) is 0. The number of fused-ring (bicyclic) bond motifs is 1. The van der Waals surface area contributed by atoms with Crippen molar-refractivity contribution in [1.82, 2.24) is 9.97 Å². The Hall–Kier alpha value is -3.65. The molecular weight excluding hydrogens is 426 g/mol. The molecule has 0 aliphatic heterocycles. The van der Waals surface area contributed by atoms with Crippen LogP contribution in [0.2, 0.25) is 0 Å². The van der Waals surface area contributed by atoms with Gasteiger partial charge in [0.1, 0.15) is 17.2 Å². The maximum atomic E-state index is 13.2. The molecule has 0 spiro atoms. The van der Waals surface area contributed by atoms with Crippen molar-refractivity contribution in [2.75, 3.05) is 25.2 Å². The zero-order chi connectivity index (χ0) is 22.3. The zero-order valence-corrected chi connectivity index (χ0v) is 18.7. The maximum Gasteiger partial charge on any atom is 0.267 e. The van der Waals surface area contributed by atoms with Crippen molar-refractivity contribution >= 4 is 32.6 Å². The van der Waals surface area contributed by atoms with Crippen LogP contribution in [0.1, 0.15) is 12.6 Å². The van der Waals surface area contributed by atoms with Crippen LogP contribution >= 0.6 is 11.3 Å². The Morgan fingerprint density at radius 1 is 1.00 bits per heavy atom. The minimum Gasteiger partial charge on any atom is -0.497 e. The summed E-state index contributed by atoms with van der Waals surface area (Å²) in [4.78, 5) is 23.8. The summed E-state index contributed by atoms with van der Waals surface area (Å²) in [6.07, 6.45) is 1.71. The molecule has 0 aliphatic carbocycles. The fraction of sp³-hybridized carbons (Fsp3) is 0.208. The molecule has 1 amide bonds. The number of pyridine rings is 1. The highest BCUT2D eigenvalue weighted by molar-refractivity contribution is 7.22. The minimum atomic E-state index is -0.212. The van der Waals surface area contributed by atoms with Crippen molar-refractivity contribution in [2.45, 2.75) is 13.5 Å². The minimum absolute atomic E-state index is 0.126. The molecule has 0 aliphatic rings. The second-order valence-corrected chi connectivity index (χ2v) is 7.83. The normalized spacial score (nSPS) is 10.7. The Bertz CT molecular complexity index is 1180. The van der Waals surface area contributed by atoms with Crippen LogP contribution in [0.4, 0.5) is 5.13 Å². The van der Waals surface area contributed by atoms with Crippen LogP contribution in [-0.2, 0) is 11.3 Å². The summed E-state index contributed by atoms with van der Waals surface area (Å²) in [5, 5.41) is 0.586. The number of hydrogen-bond acceptors (Lipinski definition) is 7. The SMILES string of the molecule is CCOc1ccc2nc(N(Cc3ccccn3)C(=O)COc3ccc(OC)cc3)sc2c1. The van der Waals surface area contributed by atoms with Crippen molar-refractivity contribution in [3.05, 3.63) is 72.6 Å². The second kappa shape index (κ2) is 10.1. The van der Waals surface area contributed by atoms with Gasteiger partial charge in [-0.15, -0.1) is 0 Å². The molecule has 8 heteroatoms. The molecule has 0 bridgehead atoms. The largest absolute Gasteiger partial charge is 0.497 e. The molecule has 0 atom stereocenters. The van der Waals surface area contributed by atoms with Crippen LogP contribution in [0.5, 0.6) is 17.2 Å². The number of methoxy groups -OCH3 is 1. The highest BCUT2D eigenvalue weighted by Crippen LogP contribution is 2.32. The summed E-state index contributed by atoms with van der Waals surface area (Å²) >= 11 is 1.43. The lowest BCUT2D eigenvalue weighted by Gasteiger charge is -2.19. The van der Waals surface area contributed by atoms with Gasteiger partial charge in [0, 0.05) is 6.20 Å². The van der Waals surface area contributed by atoms with Crippen molar-refractivity contribution in [2.24, 2.45) is 0 Å². The zero-order valence-electron chi connectivity index (χ0n) is 17.9. The number of amides is 1. The monoisotopic (exact) mass is 449 g/mol. The Morgan fingerprint density at radius 2 is 1.78 bits per heavy atom. The fourth-order valence-electron chi connectivity index (χ4n) is 3.08. The first-order valence-corrected chi connectivity index (χ1v) is 11.0. The molecule has 2 heterocycles. The van der Waals surface area contributed by atoms with E-state index in [-0.39, 0.29) is 12.5 Å². The van der Waals surface area contributed by atoms with Gasteiger partial charge in [0.25, 0.3) is 5.91 Å². The Balaban J connectivity index is 1.57. The van der Waals surface area contributed by atoms with E-state index < -0.39 is 0 Å². The number of benzene rings is 2. The maximum absolute atomic E-state index is 13.2. The summed E-state index contributed by atoms with van der Waals surface area (Å²) in [6, 6.07) is 18.4. The number of nitrogens with zero attached hydrogens (tertiary/aromatic N) is 3. The summed E-state index contributed by atoms with van der Waals surface area (Å²) < 4.78 is 17.4. The predicted molar refractivity (Wildman–Crippen MR) is 125 cm³/mol. The van der Waals surface area contributed by atoms with Gasteiger partial charge in [-0.3, -0.25) is 14.7 Å². The number of anilines is 1. The summed E-state index contributed by atoms with van der Waals surface area (Å²) in [5.74, 6) is 1.88. The molecule has 0 unspecified atom stereocenters. The fourth-order valence-corrected chi connectivity index (χ4v) is 4.09. The molecule has 4 rings (SSSR count). The molecule has 0 fully saturated rings. The molecule has 0 N–H and O–H groups in total. The second-order valence-electron chi connectivity index (χ2n) is 6.82. The first kappa shape index (κ1) is 21.6. The highest BCUT2D eigenvalue weighted by atomic mass is 32.1. The topological polar surface area (TPSA) is 73.8 Å². The summed E-state index contributed by atoms with van der Waals surface area (Å²) in [5.41, 5.74) is 1.57. The molecule has 164 valence electrons. The number of carbonyl (C=O) groups is 1. The van der Waals surface area contributed by atoms with E-state index in [1.54, 1.807) is 42.5 Å². The van der Waals surface area contributed by atoms with Crippen LogP contribution in [-0.4, -0.2) is 36.2 Å². The average molecular weight is 450 g/mol. The molecule has 4 aromatic rings. The van der Waals surface area contributed by atoms with Gasteiger partial charge in [-0.1, -0.05) is 17.4 Å². The molecule has 0 saturated carbocycles. The third kappa shape index (κ3) is 5.15. The van der Waals surface area contributed by atoms with Crippen LogP contribution in [0, 0.1) is 0 Å². The molecule has 0 saturated heterocycles. The van der Waals surface area contributed by atoms with E-state index in [0.717, 1.165) is 27.4 Å². The number of carbonyl (C=O) groups excluding carboxylic acids is 1. The molecule has 0 radical (unpaired) electrons. The molecule has 2 aromatic carbocycles. The number of aromatic nitrogens is 2. The van der Waals surface area contributed by atoms with E-state index in [2.05, 4.69) is 9.97 Å². The van der Waals surface area contributed by atoms with Crippen molar-refractivity contribution in [3.63, 3.8) is 0 Å². The molecule has 32 heavy (non-hydrogen) atoms. The Kier molecular flexibility index (Phi) is 6.81. The summed E-state index contributed by atoms with van der Waals surface area (Å²) in [6.45, 7) is 2.70. The van der Waals surface area contributed by atoms with E-state index in [4.69, 9.17) is 14.2 Å². The van der Waals surface area contributed by atoms with Crippen molar-refractivity contribution in [1.29, 1.82) is 0 Å². The van der Waals surface area contributed by atoms with E-state index in [1.165, 1.54) is 11.3 Å². The number of ether oxygens (including phenoxy) is 3. The standard InChI is InChI=1S/C24H23N3O4S/c1-3-30-20-11-12-21-22(14-20)32-24(26-21)27(15-17-6-4-5-13-25-17)23(28)16-31-19-9-7-18(29-2)8-10-19/h4-14H,3,15-16H2,1-2H3. The quantitative estimate of drug-likeness (QED) is 0.368. The third-order valence-corrected chi connectivity index (χ3v) is 5.70. The molecule has 2 aromatic heterocycles. The van der Waals surface area contributed by atoms with Gasteiger partial charge in [-0.25, -0.2) is 4.98 Å². The van der Waals surface area contributed by atoms with Crippen LogP contribution in [0.25, 0.3) is 10.2 Å². The van der Waals surface area contributed by atoms with Gasteiger partial charge < -0.3 is 14.2 Å². The van der Waals surface area contributed by atoms with E-state index in [9.17, 15) is 4.79 Å². The summed E-state index contributed by atoms with van der Waals surface area (Å²) in [7, 11) is 1.60. The number of thiazole rings is 1. The van der Waals surface area contributed by atoms with Gasteiger partial charge >= 0.3 is 0 Å². The van der Waals surface area contributed by atoms with Gasteiger partial charge in [0.15, 0.2) is 11.7 Å². The smallest absolute Gasteiger partial charge is 0.267 e. The van der Waals surface area contributed by atoms with Gasteiger partial charge in [0.05, 0.1) is 36.2 Å².